The van der Waals surface area contributed by atoms with Crippen LogP contribution in [0.3, 0.4) is 0 Å². The molecule has 0 saturated carbocycles. The number of benzene rings is 3. The Bertz CT molecular complexity index is 1800. The molecule has 9 nitrogen and oxygen atoms in total. The van der Waals surface area contributed by atoms with Crippen molar-refractivity contribution in [2.75, 3.05) is 32.9 Å². The molecule has 0 amide bonds. The third-order valence-corrected chi connectivity index (χ3v) is 8.30. The van der Waals surface area contributed by atoms with E-state index >= 15 is 0 Å². The highest BCUT2D eigenvalue weighted by Gasteiger charge is 2.24. The summed E-state index contributed by atoms with van der Waals surface area (Å²) in [6.07, 6.45) is 3.97. The molecule has 0 atom stereocenters. The van der Waals surface area contributed by atoms with Gasteiger partial charge in [0.2, 0.25) is 0 Å². The third kappa shape index (κ3) is 7.84. The first-order chi connectivity index (χ1) is 22.9. The van der Waals surface area contributed by atoms with Crippen molar-refractivity contribution in [1.82, 2.24) is 9.88 Å². The molecule has 2 aliphatic heterocycles. The van der Waals surface area contributed by atoms with Crippen molar-refractivity contribution in [2.45, 2.75) is 47.0 Å². The maximum absolute atomic E-state index is 12.6. The molecule has 0 bridgehead atoms. The summed E-state index contributed by atoms with van der Waals surface area (Å²) in [6, 6.07) is 20.1. The Morgan fingerprint density at radius 1 is 1.02 bits per heavy atom. The van der Waals surface area contributed by atoms with E-state index in [0.29, 0.717) is 50.0 Å². The summed E-state index contributed by atoms with van der Waals surface area (Å²) in [5.41, 5.74) is 7.77. The molecule has 3 aromatic carbocycles. The maximum Gasteiger partial charge on any atom is 0.320 e. The quantitative estimate of drug-likeness (QED) is 0.173. The first kappa shape index (κ1) is 31.9. The number of carbonyl (C=O) groups is 1. The highest BCUT2D eigenvalue weighted by molar-refractivity contribution is 5.72. The number of aromatic nitrogens is 1. The van der Waals surface area contributed by atoms with E-state index in [4.69, 9.17) is 23.7 Å². The van der Waals surface area contributed by atoms with Gasteiger partial charge in [-0.3, -0.25) is 14.7 Å². The van der Waals surface area contributed by atoms with Crippen LogP contribution in [0.5, 0.6) is 23.0 Å². The van der Waals surface area contributed by atoms with Gasteiger partial charge < -0.3 is 23.7 Å². The molecule has 6 rings (SSSR count). The number of fused-ring (bicyclic) bond motifs is 2. The van der Waals surface area contributed by atoms with Crippen molar-refractivity contribution in [3.8, 4) is 40.2 Å². The Morgan fingerprint density at radius 3 is 2.70 bits per heavy atom. The van der Waals surface area contributed by atoms with E-state index in [9.17, 15) is 10.1 Å². The lowest BCUT2D eigenvalue weighted by Gasteiger charge is -2.30. The molecule has 0 fully saturated rings. The normalized spacial score (nSPS) is 13.9. The first-order valence-corrected chi connectivity index (χ1v) is 16.0. The molecule has 3 heterocycles. The molecule has 1 aromatic heterocycles. The number of ether oxygens (including phenoxy) is 5. The van der Waals surface area contributed by atoms with Gasteiger partial charge in [-0.1, -0.05) is 38.1 Å². The second-order valence-electron chi connectivity index (χ2n) is 12.3. The molecule has 0 N–H and O–H groups in total. The number of nitriles is 1. The summed E-state index contributed by atoms with van der Waals surface area (Å²) >= 11 is 0. The molecule has 4 aromatic rings. The Hall–Kier alpha value is -5.07. The molecule has 47 heavy (non-hydrogen) atoms. The number of esters is 1. The van der Waals surface area contributed by atoms with Gasteiger partial charge in [0, 0.05) is 42.7 Å². The predicted octanol–water partition coefficient (Wildman–Crippen LogP) is 6.42. The molecule has 0 spiro atoms. The monoisotopic (exact) mass is 633 g/mol. The fraction of sp³-hybridized carbons (Fsp3) is 0.342. The molecular formula is C38H39N3O6. The zero-order valence-corrected chi connectivity index (χ0v) is 27.1. The topological polar surface area (TPSA) is 103 Å². The standard InChI is InChI=1S/C38H39N3O6/c1-25(2)22-47-38(42)21-41-10-9-30-14-32(45-23-28-13-27(17-39)18-40-19-28)16-36(34(30)20-41)46-24-31-5-4-6-33(26(31)3)29-7-8-35-37(15-29)44-12-11-43-35/h4-8,13-16,18-19,25H,9-12,20-24H2,1-3H3. The Balaban J connectivity index is 1.24. The Kier molecular flexibility index (Phi) is 9.89. The van der Waals surface area contributed by atoms with Crippen LogP contribution in [0.1, 0.15) is 47.2 Å². The number of nitrogens with zero attached hydrogens (tertiary/aromatic N) is 3. The van der Waals surface area contributed by atoms with Crippen molar-refractivity contribution in [3.63, 3.8) is 0 Å². The van der Waals surface area contributed by atoms with Crippen LogP contribution < -0.4 is 18.9 Å². The van der Waals surface area contributed by atoms with Crippen molar-refractivity contribution >= 4 is 5.97 Å². The largest absolute Gasteiger partial charge is 0.489 e. The number of rotatable bonds is 11. The number of carbonyl (C=O) groups excluding carboxylic acids is 1. The summed E-state index contributed by atoms with van der Waals surface area (Å²) in [6.45, 7) is 9.79. The maximum atomic E-state index is 12.6. The van der Waals surface area contributed by atoms with Crippen LogP contribution in [0, 0.1) is 24.2 Å². The van der Waals surface area contributed by atoms with Crippen LogP contribution in [0.4, 0.5) is 0 Å². The molecule has 0 radical (unpaired) electrons. The molecule has 2 aliphatic rings. The molecule has 0 unspecified atom stereocenters. The molecular weight excluding hydrogens is 594 g/mol. The SMILES string of the molecule is Cc1c(COc2cc(OCc3cncc(C#N)c3)cc3c2CN(CC(=O)OCC(C)C)CC3)cccc1-c1ccc2c(c1)OCCO2. The first-order valence-electron chi connectivity index (χ1n) is 16.0. The van der Waals surface area contributed by atoms with E-state index < -0.39 is 0 Å². The average Bonchev–Trinajstić information content (AvgIpc) is 3.09. The van der Waals surface area contributed by atoms with Crippen LogP contribution in [0.25, 0.3) is 11.1 Å². The lowest BCUT2D eigenvalue weighted by Crippen LogP contribution is -2.36. The summed E-state index contributed by atoms with van der Waals surface area (Å²) in [5.74, 6) is 2.98. The van der Waals surface area contributed by atoms with E-state index in [0.717, 1.165) is 63.4 Å². The second-order valence-corrected chi connectivity index (χ2v) is 12.3. The minimum absolute atomic E-state index is 0.218. The molecule has 242 valence electrons. The van der Waals surface area contributed by atoms with Gasteiger partial charge in [-0.05, 0) is 71.3 Å². The van der Waals surface area contributed by atoms with Crippen molar-refractivity contribution in [3.05, 3.63) is 100 Å². The Labute approximate surface area is 275 Å². The lowest BCUT2D eigenvalue weighted by atomic mass is 9.96. The van der Waals surface area contributed by atoms with Crippen LogP contribution in [-0.2, 0) is 35.7 Å². The van der Waals surface area contributed by atoms with E-state index in [2.05, 4.69) is 41.1 Å². The number of hydrogen-bond acceptors (Lipinski definition) is 9. The van der Waals surface area contributed by atoms with Gasteiger partial charge in [0.1, 0.15) is 44.0 Å². The van der Waals surface area contributed by atoms with Crippen molar-refractivity contribution < 1.29 is 28.5 Å². The van der Waals surface area contributed by atoms with Gasteiger partial charge in [-0.25, -0.2) is 0 Å². The zero-order chi connectivity index (χ0) is 32.8. The Morgan fingerprint density at radius 2 is 1.87 bits per heavy atom. The van der Waals surface area contributed by atoms with Gasteiger partial charge >= 0.3 is 5.97 Å². The molecule has 0 aliphatic carbocycles. The fourth-order valence-corrected chi connectivity index (χ4v) is 5.81. The summed E-state index contributed by atoms with van der Waals surface area (Å²) in [5, 5.41) is 9.26. The van der Waals surface area contributed by atoms with E-state index in [1.54, 1.807) is 12.3 Å². The van der Waals surface area contributed by atoms with Crippen LogP contribution in [0.2, 0.25) is 0 Å². The van der Waals surface area contributed by atoms with Gasteiger partial charge in [0.05, 0.1) is 18.7 Å². The van der Waals surface area contributed by atoms with Crippen molar-refractivity contribution in [1.29, 1.82) is 5.26 Å². The van der Waals surface area contributed by atoms with Crippen LogP contribution in [0.15, 0.2) is 67.0 Å². The number of hydrogen-bond donors (Lipinski definition) is 0. The fourth-order valence-electron chi connectivity index (χ4n) is 5.81. The van der Waals surface area contributed by atoms with Crippen LogP contribution in [-0.4, -0.2) is 48.8 Å². The minimum Gasteiger partial charge on any atom is -0.489 e. The average molecular weight is 634 g/mol. The predicted molar refractivity (Wildman–Crippen MR) is 176 cm³/mol. The second kappa shape index (κ2) is 14.6. The van der Waals surface area contributed by atoms with E-state index in [1.165, 1.54) is 6.20 Å². The van der Waals surface area contributed by atoms with Gasteiger partial charge in [-0.2, -0.15) is 5.26 Å². The summed E-state index contributed by atoms with van der Waals surface area (Å²) in [4.78, 5) is 18.8. The zero-order valence-electron chi connectivity index (χ0n) is 27.1. The van der Waals surface area contributed by atoms with E-state index in [1.807, 2.05) is 44.2 Å². The van der Waals surface area contributed by atoms with Gasteiger partial charge in [0.15, 0.2) is 11.5 Å². The van der Waals surface area contributed by atoms with Gasteiger partial charge in [-0.15, -0.1) is 0 Å². The van der Waals surface area contributed by atoms with E-state index in [-0.39, 0.29) is 25.0 Å². The third-order valence-electron chi connectivity index (χ3n) is 8.30. The highest BCUT2D eigenvalue weighted by Crippen LogP contribution is 2.37. The minimum atomic E-state index is -0.218. The van der Waals surface area contributed by atoms with Crippen molar-refractivity contribution in [2.24, 2.45) is 5.92 Å². The van der Waals surface area contributed by atoms with Crippen LogP contribution >= 0.6 is 0 Å². The van der Waals surface area contributed by atoms with Gasteiger partial charge in [0.25, 0.3) is 0 Å². The molecule has 0 saturated heterocycles. The number of pyridine rings is 1. The highest BCUT2D eigenvalue weighted by atomic mass is 16.6. The molecule has 9 heteroatoms. The smallest absolute Gasteiger partial charge is 0.320 e. The lowest BCUT2D eigenvalue weighted by molar-refractivity contribution is -0.146. The summed E-state index contributed by atoms with van der Waals surface area (Å²) in [7, 11) is 0. The summed E-state index contributed by atoms with van der Waals surface area (Å²) < 4.78 is 29.8.